The average molecular weight is 419 g/mol. The van der Waals surface area contributed by atoms with Crippen LogP contribution < -0.4 is 5.32 Å². The summed E-state index contributed by atoms with van der Waals surface area (Å²) < 4.78 is 18.7. The third-order valence-corrected chi connectivity index (χ3v) is 6.58. The first-order valence-electron chi connectivity index (χ1n) is 11.0. The van der Waals surface area contributed by atoms with Crippen LogP contribution in [0.2, 0.25) is 0 Å². The number of aliphatic hydroxyl groups is 1. The normalized spacial score (nSPS) is 23.7. The van der Waals surface area contributed by atoms with Gasteiger partial charge in [-0.25, -0.2) is 4.39 Å². The molecule has 1 aromatic carbocycles. The molecule has 0 saturated carbocycles. The molecule has 2 atom stereocenters. The van der Waals surface area contributed by atoms with Crippen molar-refractivity contribution in [1.82, 2.24) is 20.3 Å². The Morgan fingerprint density at radius 1 is 1.37 bits per heavy atom. The summed E-state index contributed by atoms with van der Waals surface area (Å²) >= 11 is 0. The molecule has 7 nitrogen and oxygen atoms in total. The van der Waals surface area contributed by atoms with Gasteiger partial charge in [0.25, 0.3) is 0 Å². The zero-order valence-electron chi connectivity index (χ0n) is 17.5. The first kappa shape index (κ1) is 21.2. The van der Waals surface area contributed by atoms with Crippen molar-refractivity contribution in [1.29, 1.82) is 0 Å². The fourth-order valence-electron chi connectivity index (χ4n) is 4.67. The molecule has 1 amide bonds. The number of likely N-dealkylation sites (N-methyl/N-ethyl adjacent to an activating group) is 1. The lowest BCUT2D eigenvalue weighted by Gasteiger charge is -2.35. The Bertz CT molecular complexity index is 865. The lowest BCUT2D eigenvalue weighted by Crippen LogP contribution is -2.51. The Balaban J connectivity index is 1.29. The monoisotopic (exact) mass is 418 g/mol. The van der Waals surface area contributed by atoms with Gasteiger partial charge in [0.1, 0.15) is 5.82 Å². The van der Waals surface area contributed by atoms with Crippen LogP contribution in [-0.2, 0) is 4.79 Å². The predicted molar refractivity (Wildman–Crippen MR) is 112 cm³/mol. The van der Waals surface area contributed by atoms with Gasteiger partial charge in [0.15, 0.2) is 5.58 Å². The van der Waals surface area contributed by atoms with Gasteiger partial charge in [0.05, 0.1) is 17.7 Å². The number of rotatable bonds is 6. The second-order valence-corrected chi connectivity index (χ2v) is 8.41. The minimum atomic E-state index is -0.547. The number of nitrogens with zero attached hydrogens (tertiary/aromatic N) is 3. The molecule has 30 heavy (non-hydrogen) atoms. The van der Waals surface area contributed by atoms with Crippen LogP contribution in [0.4, 0.5) is 4.39 Å². The molecule has 2 unspecified atom stereocenters. The molecule has 4 rings (SSSR count). The molecule has 8 heteroatoms. The van der Waals surface area contributed by atoms with Crippen LogP contribution in [-0.4, -0.2) is 77.9 Å². The van der Waals surface area contributed by atoms with Gasteiger partial charge < -0.3 is 24.7 Å². The average Bonchev–Trinajstić information content (AvgIpc) is 3.17. The van der Waals surface area contributed by atoms with Gasteiger partial charge in [-0.2, -0.15) is 0 Å². The highest BCUT2D eigenvalue weighted by Gasteiger charge is 2.32. The zero-order valence-corrected chi connectivity index (χ0v) is 17.5. The number of aliphatic hydroxyl groups excluding tert-OH is 1. The summed E-state index contributed by atoms with van der Waals surface area (Å²) in [6.45, 7) is 7.33. The van der Waals surface area contributed by atoms with E-state index in [0.29, 0.717) is 37.6 Å². The van der Waals surface area contributed by atoms with Crippen LogP contribution in [0.3, 0.4) is 0 Å². The maximum absolute atomic E-state index is 13.4. The molecule has 0 aliphatic carbocycles. The van der Waals surface area contributed by atoms with Crippen LogP contribution in [0, 0.1) is 11.7 Å². The van der Waals surface area contributed by atoms with E-state index < -0.39 is 6.10 Å². The second-order valence-electron chi connectivity index (χ2n) is 8.41. The quantitative estimate of drug-likeness (QED) is 0.747. The van der Waals surface area contributed by atoms with E-state index in [1.54, 1.807) is 6.07 Å². The van der Waals surface area contributed by atoms with Crippen molar-refractivity contribution in [2.45, 2.75) is 38.2 Å². The molecule has 1 aromatic heterocycles. The highest BCUT2D eigenvalue weighted by Crippen LogP contribution is 2.32. The van der Waals surface area contributed by atoms with Crippen LogP contribution >= 0.6 is 0 Å². The Morgan fingerprint density at radius 2 is 2.17 bits per heavy atom. The van der Waals surface area contributed by atoms with Crippen molar-refractivity contribution < 1.29 is 18.8 Å². The minimum absolute atomic E-state index is 0.0494. The van der Waals surface area contributed by atoms with Gasteiger partial charge >= 0.3 is 0 Å². The van der Waals surface area contributed by atoms with Gasteiger partial charge in [-0.15, -0.1) is 0 Å². The molecular formula is C22H31FN4O3. The lowest BCUT2D eigenvalue weighted by molar-refractivity contribution is -0.140. The van der Waals surface area contributed by atoms with Crippen LogP contribution in [0.25, 0.3) is 11.0 Å². The van der Waals surface area contributed by atoms with Crippen molar-refractivity contribution in [3.63, 3.8) is 0 Å². The fraction of sp³-hybridized carbons (Fsp3) is 0.636. The zero-order chi connectivity index (χ0) is 21.1. The summed E-state index contributed by atoms with van der Waals surface area (Å²) in [5, 5.41) is 18.5. The standard InChI is InChI=1S/C22H31FN4O3/c1-2-27(22(29)18-14-24-8-5-19(18)28)12-11-26-9-6-15(7-10-26)21-17-4-3-16(23)13-20(17)30-25-21/h3-4,13,15,18-19,24,28H,2,5-12,14H2,1H3. The molecule has 2 saturated heterocycles. The van der Waals surface area contributed by atoms with Gasteiger partial charge in [0, 0.05) is 43.5 Å². The Hall–Kier alpha value is -2.03. The van der Waals surface area contributed by atoms with E-state index in [1.807, 2.05) is 11.8 Å². The summed E-state index contributed by atoms with van der Waals surface area (Å²) in [5.74, 6) is -0.296. The summed E-state index contributed by atoms with van der Waals surface area (Å²) in [5.41, 5.74) is 1.43. The Kier molecular flexibility index (Phi) is 6.65. The van der Waals surface area contributed by atoms with Crippen molar-refractivity contribution in [2.75, 3.05) is 45.8 Å². The summed E-state index contributed by atoms with van der Waals surface area (Å²) in [6.07, 6.45) is 2.01. The van der Waals surface area contributed by atoms with E-state index in [2.05, 4.69) is 15.4 Å². The molecule has 2 N–H and O–H groups in total. The van der Waals surface area contributed by atoms with Crippen LogP contribution in [0.1, 0.15) is 37.8 Å². The number of aromatic nitrogens is 1. The molecule has 0 radical (unpaired) electrons. The van der Waals surface area contributed by atoms with E-state index in [4.69, 9.17) is 4.52 Å². The largest absolute Gasteiger partial charge is 0.392 e. The number of carbonyl (C=O) groups excluding carboxylic acids is 1. The van der Waals surface area contributed by atoms with Gasteiger partial charge in [-0.3, -0.25) is 4.79 Å². The number of nitrogens with one attached hydrogen (secondary N) is 1. The molecule has 2 aromatic rings. The Labute approximate surface area is 176 Å². The molecule has 0 spiro atoms. The number of hydrogen-bond acceptors (Lipinski definition) is 6. The number of fused-ring (bicyclic) bond motifs is 1. The predicted octanol–water partition coefficient (Wildman–Crippen LogP) is 1.97. The van der Waals surface area contributed by atoms with Crippen molar-refractivity contribution in [3.05, 3.63) is 29.7 Å². The highest BCUT2D eigenvalue weighted by molar-refractivity contribution is 5.80. The number of piperidine rings is 2. The molecule has 3 heterocycles. The van der Waals surface area contributed by atoms with E-state index in [1.165, 1.54) is 12.1 Å². The number of likely N-dealkylation sites (tertiary alicyclic amines) is 1. The molecule has 0 bridgehead atoms. The minimum Gasteiger partial charge on any atom is -0.392 e. The third-order valence-electron chi connectivity index (χ3n) is 6.58. The van der Waals surface area contributed by atoms with E-state index in [0.717, 1.165) is 50.1 Å². The maximum Gasteiger partial charge on any atom is 0.229 e. The van der Waals surface area contributed by atoms with Gasteiger partial charge in [-0.1, -0.05) is 5.16 Å². The topological polar surface area (TPSA) is 81.8 Å². The van der Waals surface area contributed by atoms with Crippen LogP contribution in [0.5, 0.6) is 0 Å². The van der Waals surface area contributed by atoms with Crippen molar-refractivity contribution >= 4 is 16.9 Å². The highest BCUT2D eigenvalue weighted by atomic mass is 19.1. The molecule has 2 aliphatic heterocycles. The molecule has 2 aliphatic rings. The first-order valence-corrected chi connectivity index (χ1v) is 11.0. The molecular weight excluding hydrogens is 387 g/mol. The maximum atomic E-state index is 13.4. The van der Waals surface area contributed by atoms with E-state index in [-0.39, 0.29) is 17.6 Å². The third kappa shape index (κ3) is 4.50. The van der Waals surface area contributed by atoms with Gasteiger partial charge in [0.2, 0.25) is 5.91 Å². The summed E-state index contributed by atoms with van der Waals surface area (Å²) in [6, 6.07) is 4.59. The number of amides is 1. The van der Waals surface area contributed by atoms with Crippen molar-refractivity contribution in [2.24, 2.45) is 5.92 Å². The number of benzene rings is 1. The van der Waals surface area contributed by atoms with Crippen LogP contribution in [0.15, 0.2) is 22.7 Å². The molecule has 2 fully saturated rings. The van der Waals surface area contributed by atoms with Gasteiger partial charge in [-0.05, 0) is 58.0 Å². The first-order chi connectivity index (χ1) is 14.6. The number of carbonyl (C=O) groups is 1. The Morgan fingerprint density at radius 3 is 2.90 bits per heavy atom. The smallest absolute Gasteiger partial charge is 0.229 e. The molecule has 164 valence electrons. The summed E-state index contributed by atoms with van der Waals surface area (Å²) in [7, 11) is 0. The van der Waals surface area contributed by atoms with E-state index in [9.17, 15) is 14.3 Å². The van der Waals surface area contributed by atoms with E-state index >= 15 is 0 Å². The van der Waals surface area contributed by atoms with Crippen molar-refractivity contribution in [3.8, 4) is 0 Å². The second kappa shape index (κ2) is 9.41. The number of hydrogen-bond donors (Lipinski definition) is 2. The number of halogens is 1. The SMILES string of the molecule is CCN(CCN1CCC(c2noc3cc(F)ccc23)CC1)C(=O)C1CNCCC1O. The lowest BCUT2D eigenvalue weighted by atomic mass is 9.91. The summed E-state index contributed by atoms with van der Waals surface area (Å²) in [4.78, 5) is 17.1. The fourth-order valence-corrected chi connectivity index (χ4v) is 4.67.